The molecule has 1 aliphatic rings. The van der Waals surface area contributed by atoms with E-state index >= 15 is 0 Å². The first kappa shape index (κ1) is 10.5. The molecule has 1 nitrogen and oxygen atoms in total. The van der Waals surface area contributed by atoms with Gasteiger partial charge in [-0.25, -0.2) is 0 Å². The van der Waals surface area contributed by atoms with Crippen LogP contribution in [0.25, 0.3) is 0 Å². The number of epoxide rings is 1. The maximum absolute atomic E-state index is 6.06. The van der Waals surface area contributed by atoms with Gasteiger partial charge in [-0.2, -0.15) is 0 Å². The first-order valence-electron chi connectivity index (χ1n) is 5.98. The molecule has 0 saturated carbocycles. The summed E-state index contributed by atoms with van der Waals surface area (Å²) in [5.74, 6) is 0. The van der Waals surface area contributed by atoms with Crippen LogP contribution in [0, 0.1) is 0 Å². The number of benzene rings is 2. The van der Waals surface area contributed by atoms with E-state index in [9.17, 15) is 0 Å². The highest BCUT2D eigenvalue weighted by Crippen LogP contribution is 2.61. The van der Waals surface area contributed by atoms with Crippen molar-refractivity contribution in [2.75, 3.05) is 0 Å². The van der Waals surface area contributed by atoms with E-state index in [1.54, 1.807) is 0 Å². The zero-order valence-electron chi connectivity index (χ0n) is 10.2. The van der Waals surface area contributed by atoms with E-state index in [1.807, 2.05) is 12.1 Å². The Morgan fingerprint density at radius 1 is 0.647 bits per heavy atom. The molecule has 0 N–H and O–H groups in total. The van der Waals surface area contributed by atoms with E-state index in [0.717, 1.165) is 0 Å². The zero-order chi connectivity index (χ0) is 11.9. The highest BCUT2D eigenvalue weighted by Gasteiger charge is 2.65. The lowest BCUT2D eigenvalue weighted by molar-refractivity contribution is 0.280. The minimum absolute atomic E-state index is 0.199. The summed E-state index contributed by atoms with van der Waals surface area (Å²) < 4.78 is 6.06. The molecular weight excluding hydrogens is 208 g/mol. The average Bonchev–Trinajstić information content (AvgIpc) is 2.97. The summed E-state index contributed by atoms with van der Waals surface area (Å²) in [6, 6.07) is 20.9. The smallest absolute Gasteiger partial charge is 0.124 e. The summed E-state index contributed by atoms with van der Waals surface area (Å²) in [6.07, 6.45) is 0. The highest BCUT2D eigenvalue weighted by atomic mass is 16.6. The summed E-state index contributed by atoms with van der Waals surface area (Å²) in [5.41, 5.74) is 2.09. The van der Waals surface area contributed by atoms with Crippen molar-refractivity contribution in [3.63, 3.8) is 0 Å². The Balaban J connectivity index is 2.00. The van der Waals surface area contributed by atoms with Gasteiger partial charge in [0.2, 0.25) is 0 Å². The molecule has 2 unspecified atom stereocenters. The van der Waals surface area contributed by atoms with Gasteiger partial charge < -0.3 is 4.74 Å². The molecule has 86 valence electrons. The minimum Gasteiger partial charge on any atom is -0.353 e. The molecule has 1 saturated heterocycles. The normalized spacial score (nSPS) is 31.2. The van der Waals surface area contributed by atoms with Crippen LogP contribution in [0.2, 0.25) is 0 Å². The molecule has 1 heterocycles. The summed E-state index contributed by atoms with van der Waals surface area (Å²) in [7, 11) is 0. The molecule has 17 heavy (non-hydrogen) atoms. The summed E-state index contributed by atoms with van der Waals surface area (Å²) in [6.45, 7) is 4.32. The molecule has 3 rings (SSSR count). The third-order valence-electron chi connectivity index (χ3n) is 3.93. The SMILES string of the molecule is CC1(c2ccccc2)OC1(C)c1ccccc1. The minimum atomic E-state index is -0.199. The van der Waals surface area contributed by atoms with Gasteiger partial charge in [-0.05, 0) is 25.0 Å². The molecule has 2 aromatic carbocycles. The molecule has 1 heteroatoms. The Labute approximate surface area is 102 Å². The van der Waals surface area contributed by atoms with Gasteiger partial charge in [0.1, 0.15) is 11.2 Å². The maximum atomic E-state index is 6.06. The molecule has 0 radical (unpaired) electrons. The van der Waals surface area contributed by atoms with Gasteiger partial charge >= 0.3 is 0 Å². The Bertz CT molecular complexity index is 470. The standard InChI is InChI=1S/C16H16O/c1-15(13-9-5-3-6-10-13)16(2,17-15)14-11-7-4-8-12-14/h3-12H,1-2H3. The van der Waals surface area contributed by atoms with Gasteiger partial charge in [0.15, 0.2) is 0 Å². The lowest BCUT2D eigenvalue weighted by atomic mass is 9.84. The maximum Gasteiger partial charge on any atom is 0.124 e. The van der Waals surface area contributed by atoms with Gasteiger partial charge in [-0.15, -0.1) is 0 Å². The van der Waals surface area contributed by atoms with Gasteiger partial charge in [-0.1, -0.05) is 60.7 Å². The van der Waals surface area contributed by atoms with Crippen LogP contribution < -0.4 is 0 Å². The highest BCUT2D eigenvalue weighted by molar-refractivity contribution is 5.39. The van der Waals surface area contributed by atoms with Crippen molar-refractivity contribution < 1.29 is 4.74 Å². The van der Waals surface area contributed by atoms with Crippen molar-refractivity contribution in [3.8, 4) is 0 Å². The molecule has 0 spiro atoms. The van der Waals surface area contributed by atoms with Gasteiger partial charge in [0, 0.05) is 0 Å². The molecule has 1 aliphatic heterocycles. The van der Waals surface area contributed by atoms with E-state index in [2.05, 4.69) is 62.4 Å². The van der Waals surface area contributed by atoms with Crippen molar-refractivity contribution in [2.24, 2.45) is 0 Å². The van der Waals surface area contributed by atoms with Crippen molar-refractivity contribution in [3.05, 3.63) is 71.8 Å². The Morgan fingerprint density at radius 2 is 1.00 bits per heavy atom. The first-order chi connectivity index (χ1) is 8.17. The zero-order valence-corrected chi connectivity index (χ0v) is 10.2. The molecule has 2 aromatic rings. The lowest BCUT2D eigenvalue weighted by Gasteiger charge is -2.13. The second kappa shape index (κ2) is 3.44. The number of ether oxygens (including phenoxy) is 1. The van der Waals surface area contributed by atoms with Crippen molar-refractivity contribution in [2.45, 2.75) is 25.0 Å². The molecular formula is C16H16O. The molecule has 1 fully saturated rings. The molecule has 2 atom stereocenters. The number of rotatable bonds is 2. The van der Waals surface area contributed by atoms with Crippen molar-refractivity contribution >= 4 is 0 Å². The topological polar surface area (TPSA) is 12.5 Å². The molecule has 0 bridgehead atoms. The second-order valence-electron chi connectivity index (χ2n) is 4.90. The predicted molar refractivity (Wildman–Crippen MR) is 68.7 cm³/mol. The van der Waals surface area contributed by atoms with Crippen LogP contribution in [0.15, 0.2) is 60.7 Å². The Kier molecular flexibility index (Phi) is 2.14. The summed E-state index contributed by atoms with van der Waals surface area (Å²) >= 11 is 0. The summed E-state index contributed by atoms with van der Waals surface area (Å²) in [4.78, 5) is 0. The quantitative estimate of drug-likeness (QED) is 0.706. The second-order valence-corrected chi connectivity index (χ2v) is 4.90. The van der Waals surface area contributed by atoms with Crippen LogP contribution >= 0.6 is 0 Å². The molecule has 0 amide bonds. The van der Waals surface area contributed by atoms with E-state index in [4.69, 9.17) is 4.74 Å². The Hall–Kier alpha value is -1.60. The van der Waals surface area contributed by atoms with Crippen LogP contribution in [0.3, 0.4) is 0 Å². The molecule has 0 aromatic heterocycles. The fourth-order valence-corrected chi connectivity index (χ4v) is 2.56. The Morgan fingerprint density at radius 3 is 1.35 bits per heavy atom. The first-order valence-corrected chi connectivity index (χ1v) is 5.98. The summed E-state index contributed by atoms with van der Waals surface area (Å²) in [5, 5.41) is 0. The van der Waals surface area contributed by atoms with E-state index in [1.165, 1.54) is 11.1 Å². The van der Waals surface area contributed by atoms with E-state index < -0.39 is 0 Å². The third kappa shape index (κ3) is 1.43. The largest absolute Gasteiger partial charge is 0.353 e. The van der Waals surface area contributed by atoms with E-state index in [-0.39, 0.29) is 11.2 Å². The van der Waals surface area contributed by atoms with Crippen LogP contribution in [-0.2, 0) is 15.9 Å². The predicted octanol–water partition coefficient (Wildman–Crippen LogP) is 3.85. The number of hydrogen-bond acceptors (Lipinski definition) is 1. The van der Waals surface area contributed by atoms with Crippen LogP contribution in [0.1, 0.15) is 25.0 Å². The van der Waals surface area contributed by atoms with E-state index in [0.29, 0.717) is 0 Å². The van der Waals surface area contributed by atoms with Crippen molar-refractivity contribution in [1.82, 2.24) is 0 Å². The number of hydrogen-bond donors (Lipinski definition) is 0. The van der Waals surface area contributed by atoms with Gasteiger partial charge in [0.25, 0.3) is 0 Å². The fraction of sp³-hybridized carbons (Fsp3) is 0.250. The van der Waals surface area contributed by atoms with Crippen LogP contribution in [-0.4, -0.2) is 0 Å². The van der Waals surface area contributed by atoms with Crippen LogP contribution in [0.4, 0.5) is 0 Å². The fourth-order valence-electron chi connectivity index (χ4n) is 2.56. The van der Waals surface area contributed by atoms with Crippen molar-refractivity contribution in [1.29, 1.82) is 0 Å². The third-order valence-corrected chi connectivity index (χ3v) is 3.93. The van der Waals surface area contributed by atoms with Gasteiger partial charge in [0.05, 0.1) is 0 Å². The average molecular weight is 224 g/mol. The molecule has 0 aliphatic carbocycles. The lowest BCUT2D eigenvalue weighted by Crippen LogP contribution is -2.15. The monoisotopic (exact) mass is 224 g/mol. The van der Waals surface area contributed by atoms with Crippen LogP contribution in [0.5, 0.6) is 0 Å². The van der Waals surface area contributed by atoms with Gasteiger partial charge in [-0.3, -0.25) is 0 Å².